The summed E-state index contributed by atoms with van der Waals surface area (Å²) in [5.74, 6) is 0.367. The first-order chi connectivity index (χ1) is 16.7. The van der Waals surface area contributed by atoms with E-state index in [0.717, 1.165) is 16.1 Å². The second kappa shape index (κ2) is 10.6. The van der Waals surface area contributed by atoms with Gasteiger partial charge in [-0.2, -0.15) is 0 Å². The molecular formula is C25H27ClN4O4S. The van der Waals surface area contributed by atoms with Gasteiger partial charge in [-0.25, -0.2) is 4.79 Å². The zero-order valence-electron chi connectivity index (χ0n) is 19.8. The van der Waals surface area contributed by atoms with Crippen LogP contribution in [0.2, 0.25) is 5.02 Å². The van der Waals surface area contributed by atoms with Crippen molar-refractivity contribution in [3.8, 4) is 5.75 Å². The average Bonchev–Trinajstić information content (AvgIpc) is 3.25. The van der Waals surface area contributed by atoms with Crippen molar-refractivity contribution in [2.24, 2.45) is 0 Å². The molecule has 0 saturated heterocycles. The molecule has 2 heterocycles. The maximum Gasteiger partial charge on any atom is 0.410 e. The Morgan fingerprint density at radius 3 is 2.71 bits per heavy atom. The maximum absolute atomic E-state index is 12.8. The number of halogens is 1. The van der Waals surface area contributed by atoms with Crippen LogP contribution in [0.4, 0.5) is 9.93 Å². The van der Waals surface area contributed by atoms with Gasteiger partial charge >= 0.3 is 6.09 Å². The highest BCUT2D eigenvalue weighted by molar-refractivity contribution is 7.15. The van der Waals surface area contributed by atoms with Crippen LogP contribution in [0.3, 0.4) is 0 Å². The fourth-order valence-electron chi connectivity index (χ4n) is 3.56. The number of ether oxygens (including phenoxy) is 2. The number of nitrogens with one attached hydrogen (secondary N) is 1. The third-order valence-corrected chi connectivity index (χ3v) is 6.44. The Morgan fingerprint density at radius 1 is 1.14 bits per heavy atom. The van der Waals surface area contributed by atoms with Crippen molar-refractivity contribution < 1.29 is 19.1 Å². The van der Waals surface area contributed by atoms with E-state index in [2.05, 4.69) is 15.5 Å². The molecule has 0 aliphatic carbocycles. The van der Waals surface area contributed by atoms with Gasteiger partial charge in [0.25, 0.3) is 5.91 Å². The third-order valence-electron chi connectivity index (χ3n) is 5.23. The van der Waals surface area contributed by atoms with Gasteiger partial charge in [-0.15, -0.1) is 10.2 Å². The van der Waals surface area contributed by atoms with Gasteiger partial charge in [0.05, 0.1) is 11.6 Å². The molecule has 184 valence electrons. The molecule has 3 aromatic rings. The summed E-state index contributed by atoms with van der Waals surface area (Å²) >= 11 is 7.40. The second-order valence-electron chi connectivity index (χ2n) is 9.12. The number of benzene rings is 2. The lowest BCUT2D eigenvalue weighted by Crippen LogP contribution is -2.39. The predicted octanol–water partition coefficient (Wildman–Crippen LogP) is 5.36. The summed E-state index contributed by atoms with van der Waals surface area (Å²) < 4.78 is 11.2. The minimum Gasteiger partial charge on any atom is -0.492 e. The van der Waals surface area contributed by atoms with Gasteiger partial charge in [0.2, 0.25) is 5.13 Å². The summed E-state index contributed by atoms with van der Waals surface area (Å²) in [6.07, 6.45) is 0.879. The molecule has 2 aromatic carbocycles. The van der Waals surface area contributed by atoms with Crippen molar-refractivity contribution in [1.29, 1.82) is 0 Å². The Labute approximate surface area is 213 Å². The van der Waals surface area contributed by atoms with E-state index in [0.29, 0.717) is 54.0 Å². The third kappa shape index (κ3) is 6.70. The fourth-order valence-corrected chi connectivity index (χ4v) is 4.47. The molecular weight excluding hydrogens is 488 g/mol. The highest BCUT2D eigenvalue weighted by atomic mass is 35.5. The molecule has 4 rings (SSSR count). The minimum atomic E-state index is -0.535. The van der Waals surface area contributed by atoms with Gasteiger partial charge < -0.3 is 14.4 Å². The van der Waals surface area contributed by atoms with E-state index >= 15 is 0 Å². The van der Waals surface area contributed by atoms with Gasteiger partial charge in [0.1, 0.15) is 16.4 Å². The molecule has 35 heavy (non-hydrogen) atoms. The van der Waals surface area contributed by atoms with E-state index in [1.165, 1.54) is 11.3 Å². The first kappa shape index (κ1) is 24.9. The zero-order chi connectivity index (χ0) is 25.0. The van der Waals surface area contributed by atoms with Crippen molar-refractivity contribution in [1.82, 2.24) is 15.1 Å². The van der Waals surface area contributed by atoms with Gasteiger partial charge in [-0.3, -0.25) is 10.1 Å². The molecule has 1 aliphatic rings. The highest BCUT2D eigenvalue weighted by Gasteiger charge is 2.26. The quantitative estimate of drug-likeness (QED) is 0.476. The van der Waals surface area contributed by atoms with Crippen LogP contribution in [0.1, 0.15) is 47.3 Å². The molecule has 0 fully saturated rings. The molecule has 2 amide bonds. The highest BCUT2D eigenvalue weighted by Crippen LogP contribution is 2.25. The Kier molecular flexibility index (Phi) is 7.57. The Hall–Kier alpha value is -3.17. The summed E-state index contributed by atoms with van der Waals surface area (Å²) in [5, 5.41) is 12.7. The first-order valence-corrected chi connectivity index (χ1v) is 12.5. The van der Waals surface area contributed by atoms with Gasteiger partial charge in [0, 0.05) is 25.1 Å². The van der Waals surface area contributed by atoms with E-state index in [1.807, 2.05) is 51.1 Å². The number of rotatable bonds is 6. The van der Waals surface area contributed by atoms with Crippen LogP contribution in [0.15, 0.2) is 42.5 Å². The van der Waals surface area contributed by atoms with E-state index in [4.69, 9.17) is 21.1 Å². The fraction of sp³-hybridized carbons (Fsp3) is 0.360. The number of amides is 2. The van der Waals surface area contributed by atoms with Crippen LogP contribution in [0.25, 0.3) is 0 Å². The van der Waals surface area contributed by atoms with Crippen LogP contribution in [-0.2, 0) is 24.1 Å². The summed E-state index contributed by atoms with van der Waals surface area (Å²) in [7, 11) is 0. The average molecular weight is 515 g/mol. The van der Waals surface area contributed by atoms with Crippen LogP contribution < -0.4 is 10.1 Å². The van der Waals surface area contributed by atoms with E-state index < -0.39 is 5.60 Å². The van der Waals surface area contributed by atoms with Crippen molar-refractivity contribution in [2.75, 3.05) is 18.5 Å². The lowest BCUT2D eigenvalue weighted by Gasteiger charge is -2.31. The first-order valence-electron chi connectivity index (χ1n) is 11.3. The van der Waals surface area contributed by atoms with Crippen LogP contribution in [-0.4, -0.2) is 45.9 Å². The van der Waals surface area contributed by atoms with E-state index in [-0.39, 0.29) is 12.0 Å². The maximum atomic E-state index is 12.8. The van der Waals surface area contributed by atoms with Crippen LogP contribution in [0.5, 0.6) is 5.75 Å². The smallest absolute Gasteiger partial charge is 0.410 e. The summed E-state index contributed by atoms with van der Waals surface area (Å²) in [6.45, 7) is 6.96. The van der Waals surface area contributed by atoms with Crippen LogP contribution >= 0.6 is 22.9 Å². The molecule has 0 unspecified atom stereocenters. The van der Waals surface area contributed by atoms with E-state index in [9.17, 15) is 9.59 Å². The van der Waals surface area contributed by atoms with Gasteiger partial charge in [-0.05, 0) is 62.6 Å². The van der Waals surface area contributed by atoms with Crippen molar-refractivity contribution in [3.63, 3.8) is 0 Å². The number of carbonyl (C=O) groups is 2. The number of hydrogen-bond donors (Lipinski definition) is 1. The molecule has 0 saturated carbocycles. The number of para-hydroxylation sites is 1. The Morgan fingerprint density at radius 2 is 1.94 bits per heavy atom. The van der Waals surface area contributed by atoms with Crippen molar-refractivity contribution in [3.05, 3.63) is 69.2 Å². The SMILES string of the molecule is CC(C)(C)OC(=O)N1CCc2cc(C(=O)Nc3nnc(CCOc4ccccc4Cl)s3)ccc2C1. The topological polar surface area (TPSA) is 93.7 Å². The zero-order valence-corrected chi connectivity index (χ0v) is 21.4. The van der Waals surface area contributed by atoms with Crippen LogP contribution in [0, 0.1) is 0 Å². The molecule has 1 N–H and O–H groups in total. The predicted molar refractivity (Wildman–Crippen MR) is 135 cm³/mol. The summed E-state index contributed by atoms with van der Waals surface area (Å²) in [4.78, 5) is 26.8. The molecule has 10 heteroatoms. The number of aromatic nitrogens is 2. The second-order valence-corrected chi connectivity index (χ2v) is 10.6. The number of anilines is 1. The Bertz CT molecular complexity index is 1220. The molecule has 1 aromatic heterocycles. The molecule has 0 atom stereocenters. The lowest BCUT2D eigenvalue weighted by atomic mass is 9.97. The van der Waals surface area contributed by atoms with Gasteiger partial charge in [-0.1, -0.05) is 41.1 Å². The Balaban J connectivity index is 1.31. The largest absolute Gasteiger partial charge is 0.492 e. The van der Waals surface area contributed by atoms with E-state index in [1.54, 1.807) is 17.0 Å². The molecule has 1 aliphatic heterocycles. The van der Waals surface area contributed by atoms with Gasteiger partial charge in [0.15, 0.2) is 0 Å². The van der Waals surface area contributed by atoms with Crippen molar-refractivity contribution in [2.45, 2.75) is 45.8 Å². The molecule has 0 radical (unpaired) electrons. The molecule has 0 spiro atoms. The number of hydrogen-bond acceptors (Lipinski definition) is 7. The lowest BCUT2D eigenvalue weighted by molar-refractivity contribution is 0.0224. The minimum absolute atomic E-state index is 0.252. The summed E-state index contributed by atoms with van der Waals surface area (Å²) in [5.41, 5.74) is 2.06. The normalized spacial score (nSPS) is 13.2. The number of carbonyl (C=O) groups excluding carboxylic acids is 2. The van der Waals surface area contributed by atoms with Crippen molar-refractivity contribution >= 4 is 40.1 Å². The molecule has 8 nitrogen and oxygen atoms in total. The number of fused-ring (bicyclic) bond motifs is 1. The standard InChI is InChI=1S/C25H27ClN4O4S/c1-25(2,3)34-24(32)30-12-10-16-14-17(8-9-18(16)15-30)22(31)27-23-29-28-21(35-23)11-13-33-20-7-5-4-6-19(20)26/h4-9,14H,10-13,15H2,1-3H3,(H,27,29,31). The summed E-state index contributed by atoms with van der Waals surface area (Å²) in [6, 6.07) is 12.8. The monoisotopic (exact) mass is 514 g/mol. The number of nitrogens with zero attached hydrogens (tertiary/aromatic N) is 3. The molecule has 0 bridgehead atoms.